The van der Waals surface area contributed by atoms with Gasteiger partial charge in [-0.05, 0) is 59.7 Å². The lowest BCUT2D eigenvalue weighted by molar-refractivity contribution is 1.13. The molecule has 31 heavy (non-hydrogen) atoms. The van der Waals surface area contributed by atoms with Gasteiger partial charge in [0.15, 0.2) is 0 Å². The molecule has 0 saturated heterocycles. The van der Waals surface area contributed by atoms with Crippen molar-refractivity contribution in [1.29, 1.82) is 0 Å². The Kier molecular flexibility index (Phi) is 4.10. The summed E-state index contributed by atoms with van der Waals surface area (Å²) in [6, 6.07) is 35.8. The zero-order valence-corrected chi connectivity index (χ0v) is 16.8. The van der Waals surface area contributed by atoms with Gasteiger partial charge in [-0.3, -0.25) is 9.55 Å². The van der Waals surface area contributed by atoms with E-state index < -0.39 is 0 Å². The Hall–Kier alpha value is -4.24. The van der Waals surface area contributed by atoms with Gasteiger partial charge in [0.25, 0.3) is 0 Å². The van der Waals surface area contributed by atoms with Crippen molar-refractivity contribution in [3.63, 3.8) is 0 Å². The highest BCUT2D eigenvalue weighted by atomic mass is 15.0. The Bertz CT molecular complexity index is 1410. The number of para-hydroxylation sites is 1. The average molecular weight is 397 g/mol. The van der Waals surface area contributed by atoms with E-state index in [0.717, 1.165) is 39.1 Å². The average Bonchev–Trinajstić information content (AvgIpc) is 3.19. The van der Waals surface area contributed by atoms with Crippen LogP contribution in [-0.4, -0.2) is 14.5 Å². The first-order chi connectivity index (χ1) is 15.4. The van der Waals surface area contributed by atoms with Crippen LogP contribution in [0.5, 0.6) is 0 Å². The fourth-order valence-corrected chi connectivity index (χ4v) is 4.28. The number of nitrogens with zero attached hydrogens (tertiary/aromatic N) is 3. The molecule has 3 aromatic heterocycles. The summed E-state index contributed by atoms with van der Waals surface area (Å²) in [4.78, 5) is 9.35. The minimum Gasteiger partial charge on any atom is -0.294 e. The molecule has 0 N–H and O–H groups in total. The number of hydrogen-bond donors (Lipinski definition) is 0. The van der Waals surface area contributed by atoms with Gasteiger partial charge in [0.05, 0.1) is 11.2 Å². The van der Waals surface area contributed by atoms with Crippen LogP contribution in [0.1, 0.15) is 0 Å². The molecule has 3 nitrogen and oxygen atoms in total. The Morgan fingerprint density at radius 1 is 0.516 bits per heavy atom. The number of rotatable bonds is 3. The van der Waals surface area contributed by atoms with Crippen molar-refractivity contribution in [3.8, 4) is 28.1 Å². The predicted octanol–water partition coefficient (Wildman–Crippen LogP) is 6.91. The summed E-state index contributed by atoms with van der Waals surface area (Å²) in [6.07, 6.45) is 3.70. The van der Waals surface area contributed by atoms with Gasteiger partial charge in [-0.1, -0.05) is 54.6 Å². The van der Waals surface area contributed by atoms with E-state index in [4.69, 9.17) is 4.98 Å². The summed E-state index contributed by atoms with van der Waals surface area (Å²) in [5, 5.41) is 2.36. The second kappa shape index (κ2) is 7.22. The molecule has 0 unspecified atom stereocenters. The quantitative estimate of drug-likeness (QED) is 0.325. The van der Waals surface area contributed by atoms with Crippen molar-refractivity contribution < 1.29 is 0 Å². The van der Waals surface area contributed by atoms with E-state index in [2.05, 4.69) is 88.4 Å². The molecule has 0 aliphatic rings. The number of benzene rings is 3. The molecule has 0 atom stereocenters. The first-order valence-corrected chi connectivity index (χ1v) is 10.3. The van der Waals surface area contributed by atoms with Crippen molar-refractivity contribution >= 4 is 21.9 Å². The highest BCUT2D eigenvalue weighted by Gasteiger charge is 2.15. The van der Waals surface area contributed by atoms with Gasteiger partial charge in [-0.2, -0.15) is 0 Å². The molecule has 0 saturated carbocycles. The first-order valence-electron chi connectivity index (χ1n) is 10.3. The Morgan fingerprint density at radius 3 is 2.13 bits per heavy atom. The van der Waals surface area contributed by atoms with Crippen LogP contribution in [0.2, 0.25) is 0 Å². The lowest BCUT2D eigenvalue weighted by Crippen LogP contribution is -1.97. The molecule has 0 bridgehead atoms. The number of pyridine rings is 2. The van der Waals surface area contributed by atoms with E-state index in [9.17, 15) is 0 Å². The maximum absolute atomic E-state index is 4.75. The molecule has 0 aliphatic heterocycles. The minimum absolute atomic E-state index is 0.954. The van der Waals surface area contributed by atoms with Crippen molar-refractivity contribution in [2.75, 3.05) is 0 Å². The van der Waals surface area contributed by atoms with Crippen LogP contribution in [0.3, 0.4) is 0 Å². The van der Waals surface area contributed by atoms with Crippen molar-refractivity contribution in [3.05, 3.63) is 116 Å². The van der Waals surface area contributed by atoms with E-state index in [1.165, 1.54) is 10.9 Å². The molecule has 3 aromatic carbocycles. The number of hydrogen-bond acceptors (Lipinski definition) is 2. The molecule has 6 rings (SSSR count). The van der Waals surface area contributed by atoms with Crippen LogP contribution in [0.4, 0.5) is 0 Å². The van der Waals surface area contributed by atoms with E-state index in [0.29, 0.717) is 0 Å². The molecular weight excluding hydrogens is 378 g/mol. The molecule has 6 aromatic rings. The lowest BCUT2D eigenvalue weighted by Gasteiger charge is -2.13. The summed E-state index contributed by atoms with van der Waals surface area (Å²) >= 11 is 0. The standard InChI is InChI=1S/C28H19N3/c1-2-9-20(10-3-1)21-17-22(26-13-6-7-15-29-26)19-23(18-21)31-27-14-5-4-11-24(27)25-12-8-16-30-28(25)31/h1-19H. The molecule has 0 spiro atoms. The predicted molar refractivity (Wildman–Crippen MR) is 127 cm³/mol. The molecule has 0 amide bonds. The maximum atomic E-state index is 4.75. The fourth-order valence-electron chi connectivity index (χ4n) is 4.28. The van der Waals surface area contributed by atoms with Crippen LogP contribution in [0.15, 0.2) is 116 Å². The van der Waals surface area contributed by atoms with Gasteiger partial charge in [0.2, 0.25) is 0 Å². The largest absolute Gasteiger partial charge is 0.294 e. The van der Waals surface area contributed by atoms with Crippen molar-refractivity contribution in [1.82, 2.24) is 14.5 Å². The highest BCUT2D eigenvalue weighted by molar-refractivity contribution is 6.07. The van der Waals surface area contributed by atoms with Gasteiger partial charge in [0.1, 0.15) is 5.65 Å². The highest BCUT2D eigenvalue weighted by Crippen LogP contribution is 2.34. The van der Waals surface area contributed by atoms with E-state index >= 15 is 0 Å². The first kappa shape index (κ1) is 17.6. The SMILES string of the molecule is c1ccc(-c2cc(-c3ccccn3)cc(-n3c4ccccc4c4cccnc43)c2)cc1. The Morgan fingerprint density at radius 2 is 1.26 bits per heavy atom. The zero-order valence-electron chi connectivity index (χ0n) is 16.8. The minimum atomic E-state index is 0.954. The Labute approximate surface area is 180 Å². The van der Waals surface area contributed by atoms with E-state index in [1.54, 1.807) is 0 Å². The molecular formula is C28H19N3. The smallest absolute Gasteiger partial charge is 0.145 e. The second-order valence-corrected chi connectivity index (χ2v) is 7.58. The number of aromatic nitrogens is 3. The summed E-state index contributed by atoms with van der Waals surface area (Å²) in [6.45, 7) is 0. The van der Waals surface area contributed by atoms with Crippen LogP contribution in [-0.2, 0) is 0 Å². The molecule has 0 radical (unpaired) electrons. The molecule has 146 valence electrons. The van der Waals surface area contributed by atoms with Gasteiger partial charge in [0, 0.05) is 34.4 Å². The van der Waals surface area contributed by atoms with Gasteiger partial charge in [-0.15, -0.1) is 0 Å². The monoisotopic (exact) mass is 397 g/mol. The third-order valence-corrected chi connectivity index (χ3v) is 5.68. The summed E-state index contributed by atoms with van der Waals surface area (Å²) in [7, 11) is 0. The fraction of sp³-hybridized carbons (Fsp3) is 0. The third-order valence-electron chi connectivity index (χ3n) is 5.68. The van der Waals surface area contributed by atoms with E-state index in [1.807, 2.05) is 36.7 Å². The number of fused-ring (bicyclic) bond motifs is 3. The summed E-state index contributed by atoms with van der Waals surface area (Å²) in [5.74, 6) is 0. The Balaban J connectivity index is 1.69. The lowest BCUT2D eigenvalue weighted by atomic mass is 10.00. The third kappa shape index (κ3) is 2.99. The molecule has 3 heteroatoms. The van der Waals surface area contributed by atoms with Gasteiger partial charge >= 0.3 is 0 Å². The second-order valence-electron chi connectivity index (χ2n) is 7.58. The summed E-state index contributed by atoms with van der Waals surface area (Å²) in [5.41, 5.74) is 7.55. The van der Waals surface area contributed by atoms with Crippen LogP contribution in [0, 0.1) is 0 Å². The normalized spacial score (nSPS) is 11.2. The molecule has 0 fully saturated rings. The molecule has 3 heterocycles. The summed E-state index contributed by atoms with van der Waals surface area (Å²) < 4.78 is 2.25. The van der Waals surface area contributed by atoms with Crippen LogP contribution < -0.4 is 0 Å². The van der Waals surface area contributed by atoms with Crippen molar-refractivity contribution in [2.24, 2.45) is 0 Å². The van der Waals surface area contributed by atoms with Crippen LogP contribution in [0.25, 0.3) is 50.0 Å². The molecule has 0 aliphatic carbocycles. The zero-order chi connectivity index (χ0) is 20.6. The van der Waals surface area contributed by atoms with Gasteiger partial charge in [-0.25, -0.2) is 4.98 Å². The topological polar surface area (TPSA) is 30.7 Å². The van der Waals surface area contributed by atoms with E-state index in [-0.39, 0.29) is 0 Å². The van der Waals surface area contributed by atoms with Crippen molar-refractivity contribution in [2.45, 2.75) is 0 Å². The van der Waals surface area contributed by atoms with Crippen LogP contribution >= 0.6 is 0 Å². The maximum Gasteiger partial charge on any atom is 0.145 e. The van der Waals surface area contributed by atoms with Gasteiger partial charge < -0.3 is 0 Å².